The summed E-state index contributed by atoms with van der Waals surface area (Å²) in [4.78, 5) is 8.44. The van der Waals surface area contributed by atoms with Crippen LogP contribution in [0.15, 0.2) is 42.7 Å². The number of rotatable bonds is 2. The molecule has 102 valence electrons. The average molecular weight is 276 g/mol. The summed E-state index contributed by atoms with van der Waals surface area (Å²) >= 11 is 0. The van der Waals surface area contributed by atoms with Crippen molar-refractivity contribution in [1.29, 1.82) is 5.26 Å². The van der Waals surface area contributed by atoms with Crippen molar-refractivity contribution in [1.82, 2.24) is 19.7 Å². The van der Waals surface area contributed by atoms with Crippen LogP contribution in [-0.4, -0.2) is 19.7 Å². The molecule has 21 heavy (non-hydrogen) atoms. The largest absolute Gasteiger partial charge is 0.398 e. The second-order valence-corrected chi connectivity index (χ2v) is 4.57. The van der Waals surface area contributed by atoms with Gasteiger partial charge in [-0.25, -0.2) is 14.6 Å². The van der Waals surface area contributed by atoms with E-state index in [4.69, 9.17) is 11.0 Å². The summed E-state index contributed by atoms with van der Waals surface area (Å²) in [5, 5.41) is 13.2. The second kappa shape index (κ2) is 5.06. The lowest BCUT2D eigenvalue weighted by molar-refractivity contribution is 0.798. The summed E-state index contributed by atoms with van der Waals surface area (Å²) in [5.41, 5.74) is 9.44. The molecule has 0 amide bonds. The van der Waals surface area contributed by atoms with Crippen LogP contribution in [-0.2, 0) is 0 Å². The van der Waals surface area contributed by atoms with Crippen molar-refractivity contribution in [3.05, 3.63) is 54.1 Å². The highest BCUT2D eigenvalue weighted by Crippen LogP contribution is 2.25. The van der Waals surface area contributed by atoms with Gasteiger partial charge in [-0.3, -0.25) is 0 Å². The Kier molecular flexibility index (Phi) is 3.09. The molecule has 0 saturated heterocycles. The third kappa shape index (κ3) is 2.44. The number of anilines is 1. The predicted octanol–water partition coefficient (Wildman–Crippen LogP) is 2.09. The number of nitrogen functional groups attached to an aromatic ring is 1. The number of hydrogen-bond acceptors (Lipinski definition) is 5. The van der Waals surface area contributed by atoms with E-state index in [0.29, 0.717) is 23.0 Å². The molecule has 0 aliphatic carbocycles. The van der Waals surface area contributed by atoms with Crippen LogP contribution in [0.25, 0.3) is 17.1 Å². The summed E-state index contributed by atoms with van der Waals surface area (Å²) in [6.45, 7) is 1.81. The third-order valence-electron chi connectivity index (χ3n) is 3.02. The first-order valence-corrected chi connectivity index (χ1v) is 6.33. The fourth-order valence-corrected chi connectivity index (χ4v) is 2.04. The van der Waals surface area contributed by atoms with Gasteiger partial charge in [0.1, 0.15) is 11.8 Å². The molecule has 2 aromatic heterocycles. The maximum Gasteiger partial charge on any atom is 0.252 e. The van der Waals surface area contributed by atoms with Crippen LogP contribution in [0.5, 0.6) is 0 Å². The van der Waals surface area contributed by atoms with Crippen molar-refractivity contribution in [2.45, 2.75) is 6.92 Å². The Hall–Kier alpha value is -3.20. The molecule has 0 atom stereocenters. The second-order valence-electron chi connectivity index (χ2n) is 4.57. The zero-order chi connectivity index (χ0) is 14.8. The number of nitrogens with two attached hydrogens (primary N) is 1. The third-order valence-corrected chi connectivity index (χ3v) is 3.02. The first-order chi connectivity index (χ1) is 10.2. The van der Waals surface area contributed by atoms with E-state index in [1.165, 1.54) is 4.68 Å². The SMILES string of the molecule is Cc1cc(C#N)nc(-n2cc(-c3ccccc3N)cn2)n1. The van der Waals surface area contributed by atoms with E-state index in [-0.39, 0.29) is 0 Å². The van der Waals surface area contributed by atoms with Gasteiger partial charge in [0.2, 0.25) is 0 Å². The first-order valence-electron chi connectivity index (χ1n) is 6.33. The molecule has 3 aromatic rings. The molecule has 0 aliphatic heterocycles. The number of aryl methyl sites for hydroxylation is 1. The van der Waals surface area contributed by atoms with Crippen molar-refractivity contribution in [2.24, 2.45) is 0 Å². The Morgan fingerprint density at radius 1 is 1.24 bits per heavy atom. The fourth-order valence-electron chi connectivity index (χ4n) is 2.04. The molecule has 0 unspecified atom stereocenters. The van der Waals surface area contributed by atoms with Crippen LogP contribution in [0.3, 0.4) is 0 Å². The van der Waals surface area contributed by atoms with E-state index >= 15 is 0 Å². The summed E-state index contributed by atoms with van der Waals surface area (Å²) in [7, 11) is 0. The van der Waals surface area contributed by atoms with Crippen LogP contribution < -0.4 is 5.73 Å². The van der Waals surface area contributed by atoms with Crippen molar-refractivity contribution in [2.75, 3.05) is 5.73 Å². The summed E-state index contributed by atoms with van der Waals surface area (Å²) in [6.07, 6.45) is 3.49. The van der Waals surface area contributed by atoms with E-state index in [0.717, 1.165) is 11.1 Å². The molecular weight excluding hydrogens is 264 g/mol. The zero-order valence-electron chi connectivity index (χ0n) is 11.4. The lowest BCUT2D eigenvalue weighted by Gasteiger charge is -2.02. The van der Waals surface area contributed by atoms with Gasteiger partial charge in [-0.2, -0.15) is 10.4 Å². The molecule has 2 N–H and O–H groups in total. The van der Waals surface area contributed by atoms with E-state index < -0.39 is 0 Å². The maximum absolute atomic E-state index is 8.97. The van der Waals surface area contributed by atoms with Crippen LogP contribution in [0, 0.1) is 18.3 Å². The molecule has 0 aliphatic rings. The van der Waals surface area contributed by atoms with Gasteiger partial charge < -0.3 is 5.73 Å². The summed E-state index contributed by atoms with van der Waals surface area (Å²) in [5.74, 6) is 0.368. The van der Waals surface area contributed by atoms with Gasteiger partial charge in [-0.1, -0.05) is 18.2 Å². The Labute approximate surface area is 121 Å². The highest BCUT2D eigenvalue weighted by atomic mass is 15.3. The van der Waals surface area contributed by atoms with Crippen LogP contribution in [0.4, 0.5) is 5.69 Å². The van der Waals surface area contributed by atoms with Gasteiger partial charge >= 0.3 is 0 Å². The van der Waals surface area contributed by atoms with Crippen LogP contribution in [0.1, 0.15) is 11.4 Å². The Bertz CT molecular complexity index is 843. The first kappa shape index (κ1) is 12.8. The predicted molar refractivity (Wildman–Crippen MR) is 78.5 cm³/mol. The number of aromatic nitrogens is 4. The highest BCUT2D eigenvalue weighted by molar-refractivity contribution is 5.75. The van der Waals surface area contributed by atoms with E-state index in [2.05, 4.69) is 15.1 Å². The quantitative estimate of drug-likeness (QED) is 0.723. The Morgan fingerprint density at radius 3 is 2.81 bits per heavy atom. The summed E-state index contributed by atoms with van der Waals surface area (Å²) < 4.78 is 1.54. The van der Waals surface area contributed by atoms with Crippen LogP contribution in [0.2, 0.25) is 0 Å². The van der Waals surface area contributed by atoms with Gasteiger partial charge in [-0.15, -0.1) is 0 Å². The average Bonchev–Trinajstić information content (AvgIpc) is 2.96. The van der Waals surface area contributed by atoms with Crippen molar-refractivity contribution in [3.8, 4) is 23.1 Å². The number of nitrogens with zero attached hydrogens (tertiary/aromatic N) is 5. The topological polar surface area (TPSA) is 93.4 Å². The van der Waals surface area contributed by atoms with Gasteiger partial charge in [0.15, 0.2) is 0 Å². The molecule has 0 radical (unpaired) electrons. The molecule has 0 spiro atoms. The molecule has 2 heterocycles. The Balaban J connectivity index is 2.05. The number of hydrogen-bond donors (Lipinski definition) is 1. The fraction of sp³-hybridized carbons (Fsp3) is 0.0667. The molecule has 3 rings (SSSR count). The van der Waals surface area contributed by atoms with Gasteiger partial charge in [0.05, 0.1) is 6.20 Å². The molecular formula is C15H12N6. The standard InChI is InChI=1S/C15H12N6/c1-10-6-12(7-16)20-15(19-10)21-9-11(8-18-21)13-4-2-3-5-14(13)17/h2-6,8-9H,17H2,1H3. The van der Waals surface area contributed by atoms with Crippen molar-refractivity contribution >= 4 is 5.69 Å². The zero-order valence-corrected chi connectivity index (χ0v) is 11.4. The minimum Gasteiger partial charge on any atom is -0.398 e. The van der Waals surface area contributed by atoms with Gasteiger partial charge in [0, 0.05) is 28.7 Å². The lowest BCUT2D eigenvalue weighted by Crippen LogP contribution is -2.04. The van der Waals surface area contributed by atoms with E-state index in [1.807, 2.05) is 37.3 Å². The minimum atomic E-state index is 0.314. The molecule has 0 bridgehead atoms. The monoisotopic (exact) mass is 276 g/mol. The smallest absolute Gasteiger partial charge is 0.252 e. The van der Waals surface area contributed by atoms with Gasteiger partial charge in [-0.05, 0) is 19.1 Å². The van der Waals surface area contributed by atoms with E-state index in [9.17, 15) is 0 Å². The number of benzene rings is 1. The molecule has 0 saturated carbocycles. The molecule has 0 fully saturated rings. The molecule has 1 aromatic carbocycles. The van der Waals surface area contributed by atoms with Crippen molar-refractivity contribution < 1.29 is 0 Å². The number of para-hydroxylation sites is 1. The van der Waals surface area contributed by atoms with E-state index in [1.54, 1.807) is 18.5 Å². The Morgan fingerprint density at radius 2 is 2.05 bits per heavy atom. The van der Waals surface area contributed by atoms with Crippen molar-refractivity contribution in [3.63, 3.8) is 0 Å². The summed E-state index contributed by atoms with van der Waals surface area (Å²) in [6, 6.07) is 11.2. The van der Waals surface area contributed by atoms with Gasteiger partial charge in [0.25, 0.3) is 5.95 Å². The number of nitriles is 1. The lowest BCUT2D eigenvalue weighted by atomic mass is 10.1. The normalized spacial score (nSPS) is 10.3. The highest BCUT2D eigenvalue weighted by Gasteiger charge is 2.09. The minimum absolute atomic E-state index is 0.314. The molecule has 6 nitrogen and oxygen atoms in total. The van der Waals surface area contributed by atoms with Crippen LogP contribution >= 0.6 is 0 Å². The maximum atomic E-state index is 8.97. The molecule has 6 heteroatoms.